The van der Waals surface area contributed by atoms with Crippen molar-refractivity contribution >= 4 is 74.1 Å². The molecule has 0 spiro atoms. The lowest BCUT2D eigenvalue weighted by atomic mass is 10.1. The van der Waals surface area contributed by atoms with Gasteiger partial charge in [-0.25, -0.2) is 4.98 Å². The van der Waals surface area contributed by atoms with E-state index in [1.165, 1.54) is 16.2 Å². The molecule has 0 aliphatic carbocycles. The largest absolute Gasteiger partial charge is 0.379 e. The molecule has 2 aromatic carbocycles. The third kappa shape index (κ3) is 5.97. The summed E-state index contributed by atoms with van der Waals surface area (Å²) in [6.45, 7) is 6.49. The van der Waals surface area contributed by atoms with Crippen molar-refractivity contribution in [1.82, 2.24) is 9.88 Å². The number of ether oxygens (including phenoxy) is 1. The van der Waals surface area contributed by atoms with E-state index in [4.69, 9.17) is 21.3 Å². The van der Waals surface area contributed by atoms with Crippen molar-refractivity contribution in [1.29, 1.82) is 0 Å². The molecule has 2 aliphatic heterocycles. The Morgan fingerprint density at radius 3 is 2.59 bits per heavy atom. The van der Waals surface area contributed by atoms with Gasteiger partial charge in [0.1, 0.15) is 0 Å². The van der Waals surface area contributed by atoms with Crippen LogP contribution in [0.2, 0.25) is 5.02 Å². The van der Waals surface area contributed by atoms with Gasteiger partial charge >= 0.3 is 0 Å². The molecule has 2 aliphatic rings. The first-order valence-corrected chi connectivity index (χ1v) is 13.2. The van der Waals surface area contributed by atoms with Crippen molar-refractivity contribution in [3.05, 3.63) is 52.5 Å². The number of morpholine rings is 1. The lowest BCUT2D eigenvalue weighted by Gasteiger charge is -2.28. The fraction of sp³-hybridized carbons (Fsp3) is 0.385. The zero-order chi connectivity index (χ0) is 25.2. The second kappa shape index (κ2) is 11.9. The van der Waals surface area contributed by atoms with Gasteiger partial charge in [-0.2, -0.15) is 0 Å². The highest BCUT2D eigenvalue weighted by atomic mass is 35.5. The molecule has 2 saturated heterocycles. The van der Waals surface area contributed by atoms with Gasteiger partial charge in [0.15, 0.2) is 5.13 Å². The standard InChI is InChI=1S/C26H27ClN4O4S.ClH/c1-17-14-19(27)16-21-24(17)28-26(36-21)30(9-3-8-29-10-12-35-13-11-29)25(34)18-4-2-5-20(15-18)31-22(32)6-7-23(31)33;/h2,4-5,14-16H,3,6-13H2,1H3;1H. The molecular formula is C26H28Cl2N4O4S. The first-order chi connectivity index (χ1) is 17.4. The molecule has 2 fully saturated rings. The van der Waals surface area contributed by atoms with Crippen LogP contribution in [0, 0.1) is 6.92 Å². The minimum Gasteiger partial charge on any atom is -0.379 e. The summed E-state index contributed by atoms with van der Waals surface area (Å²) < 4.78 is 6.36. The van der Waals surface area contributed by atoms with Crippen LogP contribution < -0.4 is 9.80 Å². The maximum atomic E-state index is 13.8. The zero-order valence-electron chi connectivity index (χ0n) is 20.4. The second-order valence-corrected chi connectivity index (χ2v) is 10.4. The molecule has 0 radical (unpaired) electrons. The monoisotopic (exact) mass is 562 g/mol. The van der Waals surface area contributed by atoms with E-state index in [2.05, 4.69) is 4.90 Å². The minimum atomic E-state index is -0.245. The van der Waals surface area contributed by atoms with Crippen molar-refractivity contribution in [3.8, 4) is 0 Å². The first kappa shape index (κ1) is 27.5. The van der Waals surface area contributed by atoms with Gasteiger partial charge in [-0.05, 0) is 49.2 Å². The van der Waals surface area contributed by atoms with Crippen molar-refractivity contribution in [3.63, 3.8) is 0 Å². The van der Waals surface area contributed by atoms with Gasteiger partial charge < -0.3 is 4.74 Å². The Balaban J connectivity index is 0.00000320. The Bertz CT molecular complexity index is 1310. The third-order valence-electron chi connectivity index (χ3n) is 6.48. The molecule has 0 N–H and O–H groups in total. The van der Waals surface area contributed by atoms with E-state index in [-0.39, 0.29) is 43.0 Å². The molecule has 37 heavy (non-hydrogen) atoms. The number of hydrogen-bond acceptors (Lipinski definition) is 7. The lowest BCUT2D eigenvalue weighted by molar-refractivity contribution is -0.121. The number of carbonyl (C=O) groups is 3. The van der Waals surface area contributed by atoms with Gasteiger partial charge in [0, 0.05) is 49.6 Å². The number of carbonyl (C=O) groups excluding carboxylic acids is 3. The summed E-state index contributed by atoms with van der Waals surface area (Å²) in [5.41, 5.74) is 2.61. The number of thiazole rings is 1. The fourth-order valence-corrected chi connectivity index (χ4v) is 6.06. The van der Waals surface area contributed by atoms with Gasteiger partial charge in [-0.15, -0.1) is 12.4 Å². The fourth-order valence-electron chi connectivity index (χ4n) is 4.62. The van der Waals surface area contributed by atoms with Crippen molar-refractivity contribution < 1.29 is 19.1 Å². The highest BCUT2D eigenvalue weighted by molar-refractivity contribution is 7.22. The van der Waals surface area contributed by atoms with Gasteiger partial charge in [-0.1, -0.05) is 29.0 Å². The van der Waals surface area contributed by atoms with Gasteiger partial charge in [0.25, 0.3) is 5.91 Å². The van der Waals surface area contributed by atoms with Crippen LogP contribution in [0.25, 0.3) is 10.2 Å². The van der Waals surface area contributed by atoms with Gasteiger partial charge in [0.2, 0.25) is 11.8 Å². The average molecular weight is 564 g/mol. The van der Waals surface area contributed by atoms with Crippen LogP contribution in [0.15, 0.2) is 36.4 Å². The summed E-state index contributed by atoms with van der Waals surface area (Å²) in [5, 5.41) is 1.23. The van der Waals surface area contributed by atoms with E-state index in [0.717, 1.165) is 55.0 Å². The number of rotatable bonds is 7. The number of amides is 3. The van der Waals surface area contributed by atoms with Gasteiger partial charge in [0.05, 0.1) is 29.1 Å². The Morgan fingerprint density at radius 1 is 1.14 bits per heavy atom. The molecular weight excluding hydrogens is 535 g/mol. The maximum absolute atomic E-state index is 13.8. The summed E-state index contributed by atoms with van der Waals surface area (Å²) >= 11 is 7.70. The number of aryl methyl sites for hydroxylation is 1. The number of fused-ring (bicyclic) bond motifs is 1. The lowest BCUT2D eigenvalue weighted by Crippen LogP contribution is -2.39. The summed E-state index contributed by atoms with van der Waals surface area (Å²) in [4.78, 5) is 48.3. The minimum absolute atomic E-state index is 0. The van der Waals surface area contributed by atoms with E-state index in [1.807, 2.05) is 19.1 Å². The number of halogens is 2. The van der Waals surface area contributed by atoms with E-state index in [0.29, 0.717) is 27.9 Å². The predicted octanol–water partition coefficient (Wildman–Crippen LogP) is 4.70. The van der Waals surface area contributed by atoms with E-state index in [9.17, 15) is 14.4 Å². The van der Waals surface area contributed by atoms with Crippen LogP contribution in [0.4, 0.5) is 10.8 Å². The normalized spacial score (nSPS) is 16.3. The summed E-state index contributed by atoms with van der Waals surface area (Å²) in [5.74, 6) is -0.711. The molecule has 8 nitrogen and oxygen atoms in total. The third-order valence-corrected chi connectivity index (χ3v) is 7.72. The average Bonchev–Trinajstić information content (AvgIpc) is 3.45. The van der Waals surface area contributed by atoms with Crippen LogP contribution in [0.3, 0.4) is 0 Å². The first-order valence-electron chi connectivity index (χ1n) is 12.1. The number of benzene rings is 2. The molecule has 3 heterocycles. The van der Waals surface area contributed by atoms with Crippen molar-refractivity contribution in [2.75, 3.05) is 49.2 Å². The number of anilines is 2. The van der Waals surface area contributed by atoms with Crippen LogP contribution in [0.1, 0.15) is 35.2 Å². The quantitative estimate of drug-likeness (QED) is 0.388. The molecule has 0 unspecified atom stereocenters. The molecule has 1 aromatic heterocycles. The molecule has 0 bridgehead atoms. The molecule has 3 amide bonds. The number of hydrogen-bond donors (Lipinski definition) is 0. The summed E-state index contributed by atoms with van der Waals surface area (Å²) in [6, 6.07) is 10.5. The van der Waals surface area contributed by atoms with Crippen LogP contribution in [-0.2, 0) is 14.3 Å². The van der Waals surface area contributed by atoms with Crippen LogP contribution in [0.5, 0.6) is 0 Å². The maximum Gasteiger partial charge on any atom is 0.260 e. The Morgan fingerprint density at radius 2 is 1.86 bits per heavy atom. The Hall–Kier alpha value is -2.56. The summed E-state index contributed by atoms with van der Waals surface area (Å²) in [6.07, 6.45) is 1.15. The highest BCUT2D eigenvalue weighted by Crippen LogP contribution is 2.34. The SMILES string of the molecule is Cc1cc(Cl)cc2sc(N(CCCN3CCOCC3)C(=O)c3cccc(N4C(=O)CCC4=O)c3)nc12.Cl. The van der Waals surface area contributed by atoms with Crippen molar-refractivity contribution in [2.24, 2.45) is 0 Å². The van der Waals surface area contributed by atoms with Crippen LogP contribution >= 0.6 is 35.3 Å². The van der Waals surface area contributed by atoms with Crippen molar-refractivity contribution in [2.45, 2.75) is 26.2 Å². The molecule has 196 valence electrons. The predicted molar refractivity (Wildman–Crippen MR) is 148 cm³/mol. The molecule has 0 atom stereocenters. The molecule has 11 heteroatoms. The zero-order valence-corrected chi connectivity index (χ0v) is 22.8. The van der Waals surface area contributed by atoms with Gasteiger partial charge in [-0.3, -0.25) is 29.1 Å². The smallest absolute Gasteiger partial charge is 0.260 e. The molecule has 0 saturated carbocycles. The Labute approximate surface area is 230 Å². The highest BCUT2D eigenvalue weighted by Gasteiger charge is 2.31. The number of aromatic nitrogens is 1. The number of imide groups is 1. The van der Waals surface area contributed by atoms with E-state index >= 15 is 0 Å². The summed E-state index contributed by atoms with van der Waals surface area (Å²) in [7, 11) is 0. The topological polar surface area (TPSA) is 83.0 Å². The molecule has 5 rings (SSSR count). The molecule has 3 aromatic rings. The van der Waals surface area contributed by atoms with Crippen LogP contribution in [-0.4, -0.2) is 67.0 Å². The van der Waals surface area contributed by atoms with E-state index < -0.39 is 0 Å². The number of nitrogens with zero attached hydrogens (tertiary/aromatic N) is 4. The van der Waals surface area contributed by atoms with E-state index in [1.54, 1.807) is 29.2 Å². The second-order valence-electron chi connectivity index (χ2n) is 9.00. The Kier molecular flexibility index (Phi) is 8.82.